The molecule has 1 amide bonds. The largest absolute Gasteiger partial charge is 0.465 e. The summed E-state index contributed by atoms with van der Waals surface area (Å²) in [4.78, 5) is 24.6. The third-order valence-corrected chi connectivity index (χ3v) is 6.08. The molecule has 160 valence electrons. The molecule has 0 spiro atoms. The predicted molar refractivity (Wildman–Crippen MR) is 119 cm³/mol. The van der Waals surface area contributed by atoms with Crippen molar-refractivity contribution >= 4 is 33.3 Å². The second kappa shape index (κ2) is 9.01. The van der Waals surface area contributed by atoms with E-state index in [-0.39, 0.29) is 4.90 Å². The minimum Gasteiger partial charge on any atom is -0.465 e. The number of hydrogen-bond donors (Lipinski definition) is 2. The Balaban J connectivity index is 1.84. The maximum atomic E-state index is 12.8. The number of amides is 1. The number of aryl methyl sites for hydroxylation is 1. The van der Waals surface area contributed by atoms with Gasteiger partial charge in [-0.1, -0.05) is 29.8 Å². The van der Waals surface area contributed by atoms with E-state index in [0.717, 1.165) is 5.56 Å². The molecule has 0 heterocycles. The lowest BCUT2D eigenvalue weighted by molar-refractivity contribution is 0.0600. The second-order valence-corrected chi connectivity index (χ2v) is 8.61. The molecule has 0 aliphatic rings. The number of rotatable bonds is 6. The highest BCUT2D eigenvalue weighted by atomic mass is 32.2. The van der Waals surface area contributed by atoms with Gasteiger partial charge in [0.05, 0.1) is 23.3 Å². The van der Waals surface area contributed by atoms with Crippen LogP contribution in [0.2, 0.25) is 0 Å². The van der Waals surface area contributed by atoms with Crippen molar-refractivity contribution in [2.45, 2.75) is 18.7 Å². The number of benzene rings is 3. The highest BCUT2D eigenvalue weighted by Gasteiger charge is 2.18. The Labute approximate surface area is 181 Å². The molecule has 0 unspecified atom stereocenters. The van der Waals surface area contributed by atoms with Crippen molar-refractivity contribution < 1.29 is 22.7 Å². The Bertz CT molecular complexity index is 1240. The summed E-state index contributed by atoms with van der Waals surface area (Å²) in [6.07, 6.45) is 0. The summed E-state index contributed by atoms with van der Waals surface area (Å²) in [6, 6.07) is 17.6. The third kappa shape index (κ3) is 5.10. The average molecular weight is 439 g/mol. The van der Waals surface area contributed by atoms with Crippen LogP contribution < -0.4 is 10.0 Å². The van der Waals surface area contributed by atoms with E-state index in [0.29, 0.717) is 28.1 Å². The number of ether oxygens (including phenoxy) is 1. The molecule has 2 N–H and O–H groups in total. The second-order valence-electron chi connectivity index (χ2n) is 6.92. The number of sulfonamides is 1. The molecule has 0 atom stereocenters. The Morgan fingerprint density at radius 1 is 0.903 bits per heavy atom. The first-order valence-corrected chi connectivity index (χ1v) is 10.9. The third-order valence-electron chi connectivity index (χ3n) is 4.70. The average Bonchev–Trinajstić information content (AvgIpc) is 2.75. The van der Waals surface area contributed by atoms with Gasteiger partial charge in [0, 0.05) is 11.3 Å². The SMILES string of the molecule is COC(=O)c1cccc(NC(=O)c2cccc(NS(=O)(=O)c3ccc(C)cc3)c2C)c1. The number of esters is 1. The standard InChI is InChI=1S/C23H22N2O5S/c1-15-10-12-19(13-11-15)31(28,29)25-21-9-5-8-20(16(21)2)22(26)24-18-7-4-6-17(14-18)23(27)30-3/h4-14,25H,1-3H3,(H,24,26). The molecule has 7 nitrogen and oxygen atoms in total. The maximum Gasteiger partial charge on any atom is 0.337 e. The summed E-state index contributed by atoms with van der Waals surface area (Å²) in [5.41, 5.74) is 2.74. The van der Waals surface area contributed by atoms with Crippen molar-refractivity contribution in [3.63, 3.8) is 0 Å². The van der Waals surface area contributed by atoms with Crippen LogP contribution in [-0.4, -0.2) is 27.4 Å². The van der Waals surface area contributed by atoms with E-state index in [2.05, 4.69) is 14.8 Å². The maximum absolute atomic E-state index is 12.8. The van der Waals surface area contributed by atoms with Gasteiger partial charge in [0.1, 0.15) is 0 Å². The minimum absolute atomic E-state index is 0.131. The fraction of sp³-hybridized carbons (Fsp3) is 0.130. The van der Waals surface area contributed by atoms with Gasteiger partial charge < -0.3 is 10.1 Å². The summed E-state index contributed by atoms with van der Waals surface area (Å²) < 4.78 is 32.7. The predicted octanol–water partition coefficient (Wildman–Crippen LogP) is 4.14. The number of nitrogens with one attached hydrogen (secondary N) is 2. The summed E-state index contributed by atoms with van der Waals surface area (Å²) in [7, 11) is -2.53. The van der Waals surface area contributed by atoms with E-state index in [4.69, 9.17) is 0 Å². The summed E-state index contributed by atoms with van der Waals surface area (Å²) >= 11 is 0. The van der Waals surface area contributed by atoms with Crippen molar-refractivity contribution in [2.24, 2.45) is 0 Å². The topological polar surface area (TPSA) is 102 Å². The van der Waals surface area contributed by atoms with E-state index in [9.17, 15) is 18.0 Å². The number of methoxy groups -OCH3 is 1. The van der Waals surface area contributed by atoms with Crippen molar-refractivity contribution in [1.29, 1.82) is 0 Å². The zero-order valence-corrected chi connectivity index (χ0v) is 18.1. The van der Waals surface area contributed by atoms with E-state index in [1.807, 2.05) is 6.92 Å². The van der Waals surface area contributed by atoms with Crippen LogP contribution >= 0.6 is 0 Å². The van der Waals surface area contributed by atoms with Crippen LogP contribution in [0.25, 0.3) is 0 Å². The lowest BCUT2D eigenvalue weighted by Gasteiger charge is -2.14. The Morgan fingerprint density at radius 3 is 2.26 bits per heavy atom. The lowest BCUT2D eigenvalue weighted by Crippen LogP contribution is -2.17. The Hall–Kier alpha value is -3.65. The van der Waals surface area contributed by atoms with Gasteiger partial charge in [0.2, 0.25) is 0 Å². The molecule has 0 saturated carbocycles. The number of carbonyl (C=O) groups is 2. The molecular formula is C23H22N2O5S. The molecule has 31 heavy (non-hydrogen) atoms. The molecule has 3 aromatic rings. The van der Waals surface area contributed by atoms with E-state index < -0.39 is 21.9 Å². The number of anilines is 2. The fourth-order valence-electron chi connectivity index (χ4n) is 2.95. The first kappa shape index (κ1) is 22.0. The molecule has 0 aromatic heterocycles. The molecule has 3 aromatic carbocycles. The summed E-state index contributed by atoms with van der Waals surface area (Å²) in [6.45, 7) is 3.53. The molecule has 0 saturated heterocycles. The monoisotopic (exact) mass is 438 g/mol. The van der Waals surface area contributed by atoms with Gasteiger partial charge in [-0.05, 0) is 61.9 Å². The van der Waals surface area contributed by atoms with Gasteiger partial charge in [-0.3, -0.25) is 9.52 Å². The molecule has 0 bridgehead atoms. The first-order chi connectivity index (χ1) is 14.7. The fourth-order valence-corrected chi connectivity index (χ4v) is 4.08. The number of carbonyl (C=O) groups excluding carboxylic acids is 2. The highest BCUT2D eigenvalue weighted by Crippen LogP contribution is 2.24. The summed E-state index contributed by atoms with van der Waals surface area (Å²) in [5.74, 6) is -0.948. The van der Waals surface area contributed by atoms with Gasteiger partial charge in [-0.2, -0.15) is 0 Å². The van der Waals surface area contributed by atoms with Crippen molar-refractivity contribution in [1.82, 2.24) is 0 Å². The van der Waals surface area contributed by atoms with Gasteiger partial charge in [0.25, 0.3) is 15.9 Å². The zero-order chi connectivity index (χ0) is 22.6. The number of hydrogen-bond acceptors (Lipinski definition) is 5. The van der Waals surface area contributed by atoms with Crippen molar-refractivity contribution in [2.75, 3.05) is 17.1 Å². The lowest BCUT2D eigenvalue weighted by atomic mass is 10.1. The van der Waals surface area contributed by atoms with Crippen LogP contribution in [0.3, 0.4) is 0 Å². The van der Waals surface area contributed by atoms with Crippen LogP contribution in [0.1, 0.15) is 31.8 Å². The van der Waals surface area contributed by atoms with Crippen LogP contribution in [0.4, 0.5) is 11.4 Å². The molecule has 0 radical (unpaired) electrons. The van der Waals surface area contributed by atoms with Crippen LogP contribution in [0.15, 0.2) is 71.6 Å². The molecular weight excluding hydrogens is 416 g/mol. The molecule has 0 aliphatic heterocycles. The Kier molecular flexibility index (Phi) is 6.41. The van der Waals surface area contributed by atoms with Crippen LogP contribution in [-0.2, 0) is 14.8 Å². The van der Waals surface area contributed by atoms with Crippen LogP contribution in [0.5, 0.6) is 0 Å². The molecule has 3 rings (SSSR count). The van der Waals surface area contributed by atoms with Gasteiger partial charge in [0.15, 0.2) is 0 Å². The molecule has 0 fully saturated rings. The van der Waals surface area contributed by atoms with Crippen molar-refractivity contribution in [3.8, 4) is 0 Å². The van der Waals surface area contributed by atoms with Gasteiger partial charge in [-0.25, -0.2) is 13.2 Å². The molecule has 8 heteroatoms. The van der Waals surface area contributed by atoms with Crippen molar-refractivity contribution in [3.05, 3.63) is 89.0 Å². The first-order valence-electron chi connectivity index (χ1n) is 9.40. The zero-order valence-electron chi connectivity index (χ0n) is 17.3. The van der Waals surface area contributed by atoms with Gasteiger partial charge >= 0.3 is 5.97 Å². The van der Waals surface area contributed by atoms with Gasteiger partial charge in [-0.15, -0.1) is 0 Å². The van der Waals surface area contributed by atoms with Crippen LogP contribution in [0, 0.1) is 13.8 Å². The quantitative estimate of drug-likeness (QED) is 0.563. The Morgan fingerprint density at radius 2 is 1.58 bits per heavy atom. The van der Waals surface area contributed by atoms with E-state index >= 15 is 0 Å². The van der Waals surface area contributed by atoms with E-state index in [1.165, 1.54) is 25.3 Å². The smallest absolute Gasteiger partial charge is 0.337 e. The normalized spacial score (nSPS) is 10.9. The highest BCUT2D eigenvalue weighted by molar-refractivity contribution is 7.92. The summed E-state index contributed by atoms with van der Waals surface area (Å²) in [5, 5.41) is 2.72. The minimum atomic E-state index is -3.81. The van der Waals surface area contributed by atoms with E-state index in [1.54, 1.807) is 55.5 Å². The molecule has 0 aliphatic carbocycles.